The molecule has 0 saturated heterocycles. The highest BCUT2D eigenvalue weighted by Gasteiger charge is 2.04. The van der Waals surface area contributed by atoms with Gasteiger partial charge in [0.05, 0.1) is 0 Å². The highest BCUT2D eigenvalue weighted by molar-refractivity contribution is 5.34. The maximum Gasteiger partial charge on any atom is 0.123 e. The summed E-state index contributed by atoms with van der Waals surface area (Å²) in [4.78, 5) is 0. The van der Waals surface area contributed by atoms with E-state index in [-0.39, 0.29) is 6.61 Å². The maximum atomic E-state index is 9.04. The molecular weight excluding hydrogens is 238 g/mol. The second-order valence-corrected chi connectivity index (χ2v) is 4.34. The Kier molecular flexibility index (Phi) is 4.95. The fraction of sp³-hybridized carbons (Fsp3) is 0.250. The largest absolute Gasteiger partial charge is 0.489 e. The zero-order valence-electron chi connectivity index (χ0n) is 10.9. The van der Waals surface area contributed by atoms with E-state index < -0.39 is 0 Å². The monoisotopic (exact) mass is 257 g/mol. The predicted molar refractivity (Wildman–Crippen MR) is 75.9 cm³/mol. The number of aliphatic hydroxyl groups excluding tert-OH is 1. The van der Waals surface area contributed by atoms with Gasteiger partial charge in [-0.25, -0.2) is 0 Å². The second kappa shape index (κ2) is 6.92. The standard InChI is InChI=1S/C16H19NO2/c17-11-14-6-1-2-7-15(14)12-19-16-8-4-3-5-13(16)9-10-18/h1-8,18H,9-12,17H2. The van der Waals surface area contributed by atoms with E-state index in [9.17, 15) is 0 Å². The first-order valence-electron chi connectivity index (χ1n) is 6.43. The molecule has 2 aromatic rings. The van der Waals surface area contributed by atoms with Crippen molar-refractivity contribution in [2.75, 3.05) is 6.61 Å². The van der Waals surface area contributed by atoms with Crippen LogP contribution in [0.2, 0.25) is 0 Å². The quantitative estimate of drug-likeness (QED) is 0.834. The van der Waals surface area contributed by atoms with Gasteiger partial charge in [0.1, 0.15) is 12.4 Å². The summed E-state index contributed by atoms with van der Waals surface area (Å²) in [6.45, 7) is 1.13. The molecule has 0 aliphatic heterocycles. The minimum Gasteiger partial charge on any atom is -0.489 e. The molecule has 100 valence electrons. The normalized spacial score (nSPS) is 10.4. The summed E-state index contributed by atoms with van der Waals surface area (Å²) >= 11 is 0. The number of hydrogen-bond donors (Lipinski definition) is 2. The van der Waals surface area contributed by atoms with Gasteiger partial charge in [-0.15, -0.1) is 0 Å². The fourth-order valence-electron chi connectivity index (χ4n) is 2.02. The zero-order valence-corrected chi connectivity index (χ0v) is 10.9. The molecule has 0 aromatic heterocycles. The van der Waals surface area contributed by atoms with Crippen molar-refractivity contribution in [3.05, 3.63) is 65.2 Å². The van der Waals surface area contributed by atoms with E-state index in [1.807, 2.05) is 48.5 Å². The van der Waals surface area contributed by atoms with Crippen LogP contribution in [-0.4, -0.2) is 11.7 Å². The molecule has 0 bridgehead atoms. The molecule has 2 rings (SSSR count). The number of para-hydroxylation sites is 1. The van der Waals surface area contributed by atoms with Crippen LogP contribution in [0.1, 0.15) is 16.7 Å². The van der Waals surface area contributed by atoms with E-state index >= 15 is 0 Å². The lowest BCUT2D eigenvalue weighted by molar-refractivity contribution is 0.283. The molecular formula is C16H19NO2. The number of benzene rings is 2. The molecule has 0 aliphatic rings. The van der Waals surface area contributed by atoms with Crippen molar-refractivity contribution in [3.63, 3.8) is 0 Å². The summed E-state index contributed by atoms with van der Waals surface area (Å²) in [6.07, 6.45) is 0.606. The first-order valence-corrected chi connectivity index (χ1v) is 6.43. The number of rotatable bonds is 6. The van der Waals surface area contributed by atoms with Crippen molar-refractivity contribution in [2.24, 2.45) is 5.73 Å². The summed E-state index contributed by atoms with van der Waals surface area (Å²) in [5.74, 6) is 0.823. The SMILES string of the molecule is NCc1ccccc1COc1ccccc1CCO. The van der Waals surface area contributed by atoms with Gasteiger partial charge in [-0.05, 0) is 29.2 Å². The first-order chi connectivity index (χ1) is 9.35. The highest BCUT2D eigenvalue weighted by atomic mass is 16.5. The molecule has 0 aliphatic carbocycles. The average Bonchev–Trinajstić information content (AvgIpc) is 2.47. The highest BCUT2D eigenvalue weighted by Crippen LogP contribution is 2.20. The smallest absolute Gasteiger partial charge is 0.123 e. The molecule has 0 amide bonds. The van der Waals surface area contributed by atoms with Crippen LogP contribution in [0.5, 0.6) is 5.75 Å². The second-order valence-electron chi connectivity index (χ2n) is 4.34. The van der Waals surface area contributed by atoms with E-state index in [0.717, 1.165) is 22.4 Å². The lowest BCUT2D eigenvalue weighted by atomic mass is 10.1. The lowest BCUT2D eigenvalue weighted by Crippen LogP contribution is -2.05. The summed E-state index contributed by atoms with van der Waals surface area (Å²) in [5.41, 5.74) is 8.93. The molecule has 3 nitrogen and oxygen atoms in total. The Hall–Kier alpha value is -1.84. The molecule has 19 heavy (non-hydrogen) atoms. The first kappa shape index (κ1) is 13.6. The Labute approximate surface area is 113 Å². The maximum absolute atomic E-state index is 9.04. The van der Waals surface area contributed by atoms with Gasteiger partial charge in [0.2, 0.25) is 0 Å². The van der Waals surface area contributed by atoms with Gasteiger partial charge >= 0.3 is 0 Å². The van der Waals surface area contributed by atoms with Crippen LogP contribution in [-0.2, 0) is 19.6 Å². The van der Waals surface area contributed by atoms with Gasteiger partial charge in [0, 0.05) is 13.2 Å². The van der Waals surface area contributed by atoms with Crippen molar-refractivity contribution in [3.8, 4) is 5.75 Å². The van der Waals surface area contributed by atoms with Crippen LogP contribution >= 0.6 is 0 Å². The fourth-order valence-corrected chi connectivity index (χ4v) is 2.02. The van der Waals surface area contributed by atoms with E-state index in [1.165, 1.54) is 0 Å². The Balaban J connectivity index is 2.10. The molecule has 3 N–H and O–H groups in total. The lowest BCUT2D eigenvalue weighted by Gasteiger charge is -2.12. The van der Waals surface area contributed by atoms with Crippen LogP contribution < -0.4 is 10.5 Å². The van der Waals surface area contributed by atoms with Crippen LogP contribution in [0, 0.1) is 0 Å². The third-order valence-electron chi connectivity index (χ3n) is 3.08. The van der Waals surface area contributed by atoms with Gasteiger partial charge in [-0.1, -0.05) is 42.5 Å². The topological polar surface area (TPSA) is 55.5 Å². The minimum absolute atomic E-state index is 0.125. The molecule has 0 fully saturated rings. The molecule has 0 unspecified atom stereocenters. The van der Waals surface area contributed by atoms with Gasteiger partial charge in [0.25, 0.3) is 0 Å². The number of hydrogen-bond acceptors (Lipinski definition) is 3. The molecule has 0 saturated carbocycles. The van der Waals surface area contributed by atoms with Crippen molar-refractivity contribution in [1.82, 2.24) is 0 Å². The Bertz CT molecular complexity index is 526. The van der Waals surface area contributed by atoms with Crippen LogP contribution in [0.3, 0.4) is 0 Å². The van der Waals surface area contributed by atoms with Crippen molar-refractivity contribution in [1.29, 1.82) is 0 Å². The summed E-state index contributed by atoms with van der Waals surface area (Å²) < 4.78 is 5.85. The van der Waals surface area contributed by atoms with Crippen LogP contribution in [0.4, 0.5) is 0 Å². The van der Waals surface area contributed by atoms with Gasteiger partial charge in [-0.3, -0.25) is 0 Å². The van der Waals surface area contributed by atoms with Gasteiger partial charge < -0.3 is 15.6 Å². The minimum atomic E-state index is 0.125. The van der Waals surface area contributed by atoms with E-state index in [2.05, 4.69) is 0 Å². The molecule has 2 aromatic carbocycles. The summed E-state index contributed by atoms with van der Waals surface area (Å²) in [5, 5.41) is 9.04. The molecule has 3 heteroatoms. The van der Waals surface area contributed by atoms with Crippen LogP contribution in [0.15, 0.2) is 48.5 Å². The molecule has 0 radical (unpaired) electrons. The third-order valence-corrected chi connectivity index (χ3v) is 3.08. The number of ether oxygens (including phenoxy) is 1. The van der Waals surface area contributed by atoms with E-state index in [0.29, 0.717) is 19.6 Å². The Morgan fingerprint density at radius 3 is 2.21 bits per heavy atom. The molecule has 0 spiro atoms. The Morgan fingerprint density at radius 2 is 1.53 bits per heavy atom. The average molecular weight is 257 g/mol. The summed E-state index contributed by atoms with van der Waals surface area (Å²) in [6, 6.07) is 15.8. The number of nitrogens with two attached hydrogens (primary N) is 1. The molecule has 0 atom stereocenters. The van der Waals surface area contributed by atoms with E-state index in [1.54, 1.807) is 0 Å². The van der Waals surface area contributed by atoms with Crippen LogP contribution in [0.25, 0.3) is 0 Å². The zero-order chi connectivity index (χ0) is 13.5. The van der Waals surface area contributed by atoms with Crippen molar-refractivity contribution in [2.45, 2.75) is 19.6 Å². The predicted octanol–water partition coefficient (Wildman–Crippen LogP) is 2.26. The van der Waals surface area contributed by atoms with Gasteiger partial charge in [-0.2, -0.15) is 0 Å². The number of aliphatic hydroxyl groups is 1. The van der Waals surface area contributed by atoms with Gasteiger partial charge in [0.15, 0.2) is 0 Å². The van der Waals surface area contributed by atoms with Crippen molar-refractivity contribution >= 4 is 0 Å². The Morgan fingerprint density at radius 1 is 0.895 bits per heavy atom. The molecule has 0 heterocycles. The summed E-state index contributed by atoms with van der Waals surface area (Å²) in [7, 11) is 0. The third kappa shape index (κ3) is 3.56. The van der Waals surface area contributed by atoms with Crippen molar-refractivity contribution < 1.29 is 9.84 Å². The van der Waals surface area contributed by atoms with E-state index in [4.69, 9.17) is 15.6 Å².